The van der Waals surface area contributed by atoms with Gasteiger partial charge in [-0.3, -0.25) is 4.79 Å². The third-order valence-electron chi connectivity index (χ3n) is 3.09. The monoisotopic (exact) mass is 325 g/mol. The number of ketones is 1. The van der Waals surface area contributed by atoms with Crippen molar-refractivity contribution in [3.63, 3.8) is 0 Å². The van der Waals surface area contributed by atoms with Crippen LogP contribution in [0.25, 0.3) is 0 Å². The Hall–Kier alpha value is -1.36. The molecule has 1 aromatic rings. The normalized spacial score (nSPS) is 19.9. The van der Waals surface area contributed by atoms with E-state index in [4.69, 9.17) is 4.74 Å². The minimum atomic E-state index is -0.349. The summed E-state index contributed by atoms with van der Waals surface area (Å²) in [5, 5.41) is 0. The van der Waals surface area contributed by atoms with Crippen LogP contribution in [-0.4, -0.2) is 34.7 Å². The third-order valence-corrected chi connectivity index (χ3v) is 4.06. The predicted molar refractivity (Wildman–Crippen MR) is 75.2 cm³/mol. The molecule has 1 aromatic carbocycles. The van der Waals surface area contributed by atoms with Crippen LogP contribution in [0.4, 0.5) is 4.79 Å². The van der Waals surface area contributed by atoms with Gasteiger partial charge in [-0.05, 0) is 12.0 Å². The van der Waals surface area contributed by atoms with Gasteiger partial charge in [-0.1, -0.05) is 46.3 Å². The van der Waals surface area contributed by atoms with E-state index in [1.54, 1.807) is 4.90 Å². The smallest absolute Gasteiger partial charge is 0.410 e. The summed E-state index contributed by atoms with van der Waals surface area (Å²) >= 11 is 3.33. The standard InChI is InChI=1S/C14H16BrNO3/c15-12-6-8-16(9-7-13(12)17)14(18)19-10-11-4-2-1-3-5-11/h1-5,12H,6-10H2. The molecule has 1 aliphatic rings. The van der Waals surface area contributed by atoms with E-state index in [-0.39, 0.29) is 23.3 Å². The first-order valence-electron chi connectivity index (χ1n) is 6.29. The van der Waals surface area contributed by atoms with Gasteiger partial charge in [0.15, 0.2) is 0 Å². The first-order chi connectivity index (χ1) is 9.16. The van der Waals surface area contributed by atoms with Crippen LogP contribution >= 0.6 is 15.9 Å². The van der Waals surface area contributed by atoms with E-state index in [0.717, 1.165) is 5.56 Å². The molecule has 19 heavy (non-hydrogen) atoms. The quantitative estimate of drug-likeness (QED) is 0.785. The first kappa shape index (κ1) is 14.1. The van der Waals surface area contributed by atoms with E-state index in [2.05, 4.69) is 15.9 Å². The molecule has 0 saturated carbocycles. The second-order valence-corrected chi connectivity index (χ2v) is 5.61. The van der Waals surface area contributed by atoms with Gasteiger partial charge in [0.1, 0.15) is 12.4 Å². The van der Waals surface area contributed by atoms with Crippen LogP contribution in [0, 0.1) is 0 Å². The summed E-state index contributed by atoms with van der Waals surface area (Å²) in [5.41, 5.74) is 0.958. The molecule has 4 nitrogen and oxygen atoms in total. The Bertz CT molecular complexity index is 449. The SMILES string of the molecule is O=C1CCN(C(=O)OCc2ccccc2)CCC1Br. The maximum Gasteiger partial charge on any atom is 0.410 e. The Morgan fingerprint density at radius 1 is 1.32 bits per heavy atom. The number of nitrogens with zero attached hydrogens (tertiary/aromatic N) is 1. The second-order valence-electron chi connectivity index (χ2n) is 4.50. The highest BCUT2D eigenvalue weighted by atomic mass is 79.9. The molecular weight excluding hydrogens is 310 g/mol. The molecule has 0 radical (unpaired) electrons. The lowest BCUT2D eigenvalue weighted by Gasteiger charge is -2.19. The van der Waals surface area contributed by atoms with Crippen molar-refractivity contribution in [1.29, 1.82) is 0 Å². The topological polar surface area (TPSA) is 46.6 Å². The molecule has 0 bridgehead atoms. The molecule has 1 atom stereocenters. The Morgan fingerprint density at radius 3 is 2.79 bits per heavy atom. The van der Waals surface area contributed by atoms with Crippen molar-refractivity contribution in [2.24, 2.45) is 0 Å². The van der Waals surface area contributed by atoms with E-state index < -0.39 is 0 Å². The lowest BCUT2D eigenvalue weighted by molar-refractivity contribution is -0.118. The molecule has 0 aromatic heterocycles. The lowest BCUT2D eigenvalue weighted by Crippen LogP contribution is -2.32. The highest BCUT2D eigenvalue weighted by Crippen LogP contribution is 2.16. The van der Waals surface area contributed by atoms with Crippen molar-refractivity contribution in [3.05, 3.63) is 35.9 Å². The number of alkyl halides is 1. The maximum atomic E-state index is 11.9. The summed E-state index contributed by atoms with van der Waals surface area (Å²) in [7, 11) is 0. The van der Waals surface area contributed by atoms with Crippen LogP contribution in [-0.2, 0) is 16.1 Å². The van der Waals surface area contributed by atoms with E-state index in [1.165, 1.54) is 0 Å². The Morgan fingerprint density at radius 2 is 2.05 bits per heavy atom. The average Bonchev–Trinajstić information content (AvgIpc) is 2.60. The fourth-order valence-electron chi connectivity index (χ4n) is 1.94. The summed E-state index contributed by atoms with van der Waals surface area (Å²) in [6.45, 7) is 1.26. The molecule has 0 aliphatic carbocycles. The van der Waals surface area contributed by atoms with Crippen molar-refractivity contribution >= 4 is 27.8 Å². The van der Waals surface area contributed by atoms with Crippen LogP contribution in [0.1, 0.15) is 18.4 Å². The highest BCUT2D eigenvalue weighted by Gasteiger charge is 2.25. The van der Waals surface area contributed by atoms with E-state index >= 15 is 0 Å². The van der Waals surface area contributed by atoms with Gasteiger partial charge in [-0.15, -0.1) is 0 Å². The molecule has 1 amide bonds. The van der Waals surface area contributed by atoms with Gasteiger partial charge in [0.25, 0.3) is 0 Å². The zero-order chi connectivity index (χ0) is 13.7. The number of carbonyl (C=O) groups excluding carboxylic acids is 2. The molecule has 1 heterocycles. The Kier molecular flexibility index (Phi) is 4.96. The van der Waals surface area contributed by atoms with E-state index in [1.807, 2.05) is 30.3 Å². The van der Waals surface area contributed by atoms with E-state index in [0.29, 0.717) is 25.9 Å². The van der Waals surface area contributed by atoms with Crippen LogP contribution in [0.5, 0.6) is 0 Å². The number of Topliss-reactive ketones (excluding diaryl/α,β-unsaturated/α-hetero) is 1. The molecule has 0 N–H and O–H groups in total. The lowest BCUT2D eigenvalue weighted by atomic mass is 10.2. The number of likely N-dealkylation sites (tertiary alicyclic amines) is 1. The van der Waals surface area contributed by atoms with Crippen LogP contribution in [0.15, 0.2) is 30.3 Å². The number of amides is 1. The van der Waals surface area contributed by atoms with Gasteiger partial charge < -0.3 is 9.64 Å². The summed E-state index contributed by atoms with van der Waals surface area (Å²) in [4.78, 5) is 24.9. The number of hydrogen-bond donors (Lipinski definition) is 0. The molecule has 5 heteroatoms. The molecule has 2 rings (SSSR count). The average molecular weight is 326 g/mol. The summed E-state index contributed by atoms with van der Waals surface area (Å²) in [5.74, 6) is 0.151. The van der Waals surface area contributed by atoms with Gasteiger partial charge in [0.2, 0.25) is 0 Å². The first-order valence-corrected chi connectivity index (χ1v) is 7.21. The number of halogens is 1. The van der Waals surface area contributed by atoms with E-state index in [9.17, 15) is 9.59 Å². The molecule has 1 saturated heterocycles. The van der Waals surface area contributed by atoms with Crippen LogP contribution in [0.2, 0.25) is 0 Å². The number of benzene rings is 1. The number of rotatable bonds is 2. The fraction of sp³-hybridized carbons (Fsp3) is 0.429. The summed E-state index contributed by atoms with van der Waals surface area (Å²) in [6.07, 6.45) is 0.675. The summed E-state index contributed by atoms with van der Waals surface area (Å²) < 4.78 is 5.25. The third kappa shape index (κ3) is 4.06. The zero-order valence-corrected chi connectivity index (χ0v) is 12.1. The van der Waals surface area contributed by atoms with Gasteiger partial charge in [-0.25, -0.2) is 4.79 Å². The predicted octanol–water partition coefficient (Wildman–Crippen LogP) is 2.75. The van der Waals surface area contributed by atoms with Crippen LogP contribution < -0.4 is 0 Å². The van der Waals surface area contributed by atoms with Gasteiger partial charge in [-0.2, -0.15) is 0 Å². The maximum absolute atomic E-state index is 11.9. The number of hydrogen-bond acceptors (Lipinski definition) is 3. The molecular formula is C14H16BrNO3. The largest absolute Gasteiger partial charge is 0.445 e. The van der Waals surface area contributed by atoms with Crippen LogP contribution in [0.3, 0.4) is 0 Å². The van der Waals surface area contributed by atoms with Crippen molar-refractivity contribution < 1.29 is 14.3 Å². The van der Waals surface area contributed by atoms with Crippen molar-refractivity contribution in [2.75, 3.05) is 13.1 Å². The van der Waals surface area contributed by atoms with Gasteiger partial charge >= 0.3 is 6.09 Å². The minimum Gasteiger partial charge on any atom is -0.445 e. The molecule has 1 fully saturated rings. The molecule has 1 unspecified atom stereocenters. The second kappa shape index (κ2) is 6.70. The van der Waals surface area contributed by atoms with Crippen molar-refractivity contribution in [2.45, 2.75) is 24.3 Å². The Labute approximate surface area is 120 Å². The minimum absolute atomic E-state index is 0.139. The molecule has 1 aliphatic heterocycles. The zero-order valence-electron chi connectivity index (χ0n) is 10.5. The number of carbonyl (C=O) groups is 2. The number of ether oxygens (including phenoxy) is 1. The van der Waals surface area contributed by atoms with Crippen molar-refractivity contribution in [3.8, 4) is 0 Å². The summed E-state index contributed by atoms with van der Waals surface area (Å²) in [6, 6.07) is 9.55. The molecule has 102 valence electrons. The highest BCUT2D eigenvalue weighted by molar-refractivity contribution is 9.10. The molecule has 0 spiro atoms. The van der Waals surface area contributed by atoms with Gasteiger partial charge in [0, 0.05) is 19.5 Å². The Balaban J connectivity index is 1.84. The van der Waals surface area contributed by atoms with Gasteiger partial charge in [0.05, 0.1) is 4.83 Å². The van der Waals surface area contributed by atoms with Crippen molar-refractivity contribution in [1.82, 2.24) is 4.90 Å². The fourth-order valence-corrected chi connectivity index (χ4v) is 2.37.